The standard InChI is InChI=1S/C22H29NO4/c1-25-18-5-4-12-11-23(20(24)26-2)19-15-9-16(12)22(18,19)17-10-21(27-3)7-6-13(21)8-14(15)17/h6-8,12-13,15-19H,4-5,9-11H2,1-3H3/t12-,13+,15+,16+,17-,18-,19+,21+,22-/m0/s1. The van der Waals surface area contributed by atoms with E-state index in [4.69, 9.17) is 14.2 Å². The fraction of sp³-hybridized carbons (Fsp3) is 0.773. The summed E-state index contributed by atoms with van der Waals surface area (Å²) in [5.74, 6) is 2.53. The fourth-order valence-electron chi connectivity index (χ4n) is 8.45. The van der Waals surface area contributed by atoms with Gasteiger partial charge in [-0.3, -0.25) is 0 Å². The molecule has 1 saturated heterocycles. The van der Waals surface area contributed by atoms with Crippen LogP contribution in [-0.2, 0) is 14.2 Å². The molecule has 5 bridgehead atoms. The van der Waals surface area contributed by atoms with Crippen molar-refractivity contribution in [3.05, 3.63) is 23.8 Å². The minimum atomic E-state index is -0.154. The summed E-state index contributed by atoms with van der Waals surface area (Å²) in [5.41, 5.74) is 1.46. The molecule has 146 valence electrons. The van der Waals surface area contributed by atoms with E-state index in [0.717, 1.165) is 25.8 Å². The molecular weight excluding hydrogens is 342 g/mol. The Kier molecular flexibility index (Phi) is 3.18. The van der Waals surface area contributed by atoms with Crippen LogP contribution in [0.3, 0.4) is 0 Å². The molecule has 1 spiro atoms. The van der Waals surface area contributed by atoms with Gasteiger partial charge in [0.25, 0.3) is 0 Å². The van der Waals surface area contributed by atoms with Crippen LogP contribution < -0.4 is 0 Å². The van der Waals surface area contributed by atoms with Gasteiger partial charge in [-0.2, -0.15) is 0 Å². The van der Waals surface area contributed by atoms with Crippen molar-refractivity contribution >= 4 is 6.09 Å². The lowest BCUT2D eigenvalue weighted by Crippen LogP contribution is -2.66. The van der Waals surface area contributed by atoms with Crippen LogP contribution >= 0.6 is 0 Å². The van der Waals surface area contributed by atoms with Gasteiger partial charge in [-0.25, -0.2) is 4.79 Å². The molecule has 0 aromatic heterocycles. The van der Waals surface area contributed by atoms with Crippen molar-refractivity contribution in [3.8, 4) is 0 Å². The molecule has 27 heavy (non-hydrogen) atoms. The maximum Gasteiger partial charge on any atom is 0.409 e. The molecule has 9 atom stereocenters. The van der Waals surface area contributed by atoms with E-state index in [0.29, 0.717) is 29.6 Å². The SMILES string of the molecule is COC(=O)N1C[C@@H]2CC[C@H](OC)[C@]34[C@@H]2C[C@H](C2=C[C@H]5C=C[C@@]5(OC)C[C@@H]23)[C@@H]14. The Morgan fingerprint density at radius 2 is 2.11 bits per heavy atom. The number of methoxy groups -OCH3 is 3. The first-order valence-electron chi connectivity index (χ1n) is 10.4. The van der Waals surface area contributed by atoms with Crippen molar-refractivity contribution in [2.75, 3.05) is 27.9 Å². The fourth-order valence-corrected chi connectivity index (χ4v) is 8.45. The Morgan fingerprint density at radius 1 is 1.26 bits per heavy atom. The third-order valence-electron chi connectivity index (χ3n) is 9.29. The number of ether oxygens (including phenoxy) is 3. The van der Waals surface area contributed by atoms with Crippen LogP contribution in [0.2, 0.25) is 0 Å². The van der Waals surface area contributed by atoms with Crippen molar-refractivity contribution < 1.29 is 19.0 Å². The summed E-state index contributed by atoms with van der Waals surface area (Å²) in [7, 11) is 5.23. The normalized spacial score (nSPS) is 53.4. The highest BCUT2D eigenvalue weighted by Crippen LogP contribution is 2.75. The quantitative estimate of drug-likeness (QED) is 0.700. The minimum Gasteiger partial charge on any atom is -0.453 e. The third-order valence-corrected chi connectivity index (χ3v) is 9.29. The summed E-state index contributed by atoms with van der Waals surface area (Å²) in [6.45, 7) is 0.855. The van der Waals surface area contributed by atoms with Gasteiger partial charge in [0.15, 0.2) is 0 Å². The van der Waals surface area contributed by atoms with Crippen molar-refractivity contribution in [2.45, 2.75) is 43.4 Å². The summed E-state index contributed by atoms with van der Waals surface area (Å²) in [4.78, 5) is 14.8. The second-order valence-electron chi connectivity index (χ2n) is 9.55. The number of likely N-dealkylation sites (tertiary alicyclic amines) is 1. The number of hydrogen-bond donors (Lipinski definition) is 0. The highest BCUT2D eigenvalue weighted by Gasteiger charge is 2.77. The number of fused-ring (bicyclic) bond motifs is 3. The lowest BCUT2D eigenvalue weighted by atomic mass is 9.49. The number of rotatable bonds is 2. The molecule has 5 nitrogen and oxygen atoms in total. The van der Waals surface area contributed by atoms with Crippen molar-refractivity contribution in [2.24, 2.45) is 35.0 Å². The molecule has 0 aromatic rings. The monoisotopic (exact) mass is 371 g/mol. The first-order valence-corrected chi connectivity index (χ1v) is 10.4. The maximum absolute atomic E-state index is 12.8. The molecule has 1 aliphatic heterocycles. The summed E-state index contributed by atoms with van der Waals surface area (Å²) in [6, 6.07) is 0.221. The van der Waals surface area contributed by atoms with Crippen LogP contribution in [0.4, 0.5) is 4.79 Å². The molecule has 5 heteroatoms. The van der Waals surface area contributed by atoms with Gasteiger partial charge in [0.05, 0.1) is 24.9 Å². The van der Waals surface area contributed by atoms with E-state index in [-0.39, 0.29) is 29.3 Å². The smallest absolute Gasteiger partial charge is 0.409 e. The molecule has 0 N–H and O–H groups in total. The number of carbonyl (C=O) groups is 1. The molecule has 4 fully saturated rings. The van der Waals surface area contributed by atoms with Gasteiger partial charge in [0.1, 0.15) is 0 Å². The van der Waals surface area contributed by atoms with Gasteiger partial charge < -0.3 is 19.1 Å². The Bertz CT molecular complexity index is 761. The summed E-state index contributed by atoms with van der Waals surface area (Å²) >= 11 is 0. The number of carbonyl (C=O) groups excluding carboxylic acids is 1. The molecule has 0 aromatic carbocycles. The second kappa shape index (κ2) is 5.18. The van der Waals surface area contributed by atoms with Crippen LogP contribution in [0, 0.1) is 35.0 Å². The zero-order valence-corrected chi connectivity index (χ0v) is 16.4. The molecule has 0 radical (unpaired) electrons. The van der Waals surface area contributed by atoms with Gasteiger partial charge in [0.2, 0.25) is 0 Å². The van der Waals surface area contributed by atoms with Crippen LogP contribution in [0.15, 0.2) is 23.8 Å². The van der Waals surface area contributed by atoms with Gasteiger partial charge in [-0.05, 0) is 43.4 Å². The van der Waals surface area contributed by atoms with E-state index >= 15 is 0 Å². The van der Waals surface area contributed by atoms with E-state index < -0.39 is 0 Å². The predicted octanol–water partition coefficient (Wildman–Crippen LogP) is 3.02. The van der Waals surface area contributed by atoms with Crippen LogP contribution in [0.25, 0.3) is 0 Å². The summed E-state index contributed by atoms with van der Waals surface area (Å²) in [6.07, 6.45) is 11.6. The van der Waals surface area contributed by atoms with E-state index in [2.05, 4.69) is 23.1 Å². The van der Waals surface area contributed by atoms with Gasteiger partial charge in [-0.15, -0.1) is 0 Å². The van der Waals surface area contributed by atoms with Crippen molar-refractivity contribution in [1.82, 2.24) is 4.90 Å². The number of amides is 1. The first kappa shape index (κ1) is 16.6. The number of nitrogens with zero attached hydrogens (tertiary/aromatic N) is 1. The van der Waals surface area contributed by atoms with Crippen LogP contribution in [-0.4, -0.2) is 56.6 Å². The zero-order chi connectivity index (χ0) is 18.6. The minimum absolute atomic E-state index is 0.0283. The molecule has 3 saturated carbocycles. The Hall–Kier alpha value is -1.33. The van der Waals surface area contributed by atoms with E-state index in [1.807, 2.05) is 14.2 Å². The average Bonchev–Trinajstić information content (AvgIpc) is 3.07. The van der Waals surface area contributed by atoms with Gasteiger partial charge >= 0.3 is 6.09 Å². The second-order valence-corrected chi connectivity index (χ2v) is 9.55. The van der Waals surface area contributed by atoms with Crippen LogP contribution in [0.1, 0.15) is 25.7 Å². The molecular formula is C22H29NO4. The highest BCUT2D eigenvalue weighted by atomic mass is 16.5. The number of hydrogen-bond acceptors (Lipinski definition) is 4. The molecule has 1 amide bonds. The Labute approximate surface area is 160 Å². The topological polar surface area (TPSA) is 48.0 Å². The Morgan fingerprint density at radius 3 is 2.78 bits per heavy atom. The van der Waals surface area contributed by atoms with Gasteiger partial charge in [0, 0.05) is 38.0 Å². The summed E-state index contributed by atoms with van der Waals surface area (Å²) < 4.78 is 17.4. The maximum atomic E-state index is 12.8. The van der Waals surface area contributed by atoms with Gasteiger partial charge in [-0.1, -0.05) is 23.8 Å². The van der Waals surface area contributed by atoms with Crippen molar-refractivity contribution in [3.63, 3.8) is 0 Å². The van der Waals surface area contributed by atoms with Crippen molar-refractivity contribution in [1.29, 1.82) is 0 Å². The predicted molar refractivity (Wildman–Crippen MR) is 99.0 cm³/mol. The molecule has 5 aliphatic carbocycles. The van der Waals surface area contributed by atoms with E-state index in [9.17, 15) is 4.79 Å². The molecule has 1 heterocycles. The lowest BCUT2D eigenvalue weighted by molar-refractivity contribution is -0.171. The summed E-state index contributed by atoms with van der Waals surface area (Å²) in [5, 5.41) is 0. The largest absolute Gasteiger partial charge is 0.453 e. The Balaban J connectivity index is 1.53. The molecule has 6 aliphatic rings. The lowest BCUT2D eigenvalue weighted by Gasteiger charge is -2.61. The van der Waals surface area contributed by atoms with Crippen LogP contribution in [0.5, 0.6) is 0 Å². The highest BCUT2D eigenvalue weighted by molar-refractivity contribution is 5.69. The first-order chi connectivity index (χ1) is 13.1. The number of piperidine rings is 1. The molecule has 6 rings (SSSR count). The average molecular weight is 371 g/mol. The molecule has 0 unspecified atom stereocenters. The van der Waals surface area contributed by atoms with E-state index in [1.165, 1.54) is 13.5 Å². The third kappa shape index (κ3) is 1.65. The van der Waals surface area contributed by atoms with E-state index in [1.54, 1.807) is 5.57 Å². The zero-order valence-electron chi connectivity index (χ0n) is 16.4.